The molecule has 2 saturated heterocycles. The van der Waals surface area contributed by atoms with Crippen molar-refractivity contribution in [2.75, 3.05) is 17.1 Å². The first kappa shape index (κ1) is 21.6. The molecule has 1 N–H and O–H groups in total. The Morgan fingerprint density at radius 3 is 2.36 bits per heavy atom. The van der Waals surface area contributed by atoms with Gasteiger partial charge in [-0.2, -0.15) is 0 Å². The van der Waals surface area contributed by atoms with Crippen LogP contribution in [0.4, 0.5) is 11.4 Å². The van der Waals surface area contributed by atoms with E-state index in [9.17, 15) is 14.7 Å². The largest absolute Gasteiger partial charge is 0.504 e. The molecule has 3 aromatic rings. The number of hydroxylamine groups is 1. The quantitative estimate of drug-likeness (QED) is 0.537. The Labute approximate surface area is 199 Å². The number of anilines is 2. The van der Waals surface area contributed by atoms with Crippen LogP contribution in [0.5, 0.6) is 11.5 Å². The summed E-state index contributed by atoms with van der Waals surface area (Å²) in [6, 6.07) is 17.9. The molecule has 2 aliphatic heterocycles. The summed E-state index contributed by atoms with van der Waals surface area (Å²) >= 11 is 12.1. The lowest BCUT2D eigenvalue weighted by molar-refractivity contribution is -0.126. The number of fused-ring (bicyclic) bond motifs is 1. The van der Waals surface area contributed by atoms with E-state index in [0.717, 1.165) is 4.90 Å². The Hall–Kier alpha value is -3.26. The van der Waals surface area contributed by atoms with E-state index in [1.54, 1.807) is 36.4 Å². The van der Waals surface area contributed by atoms with Gasteiger partial charge in [0.25, 0.3) is 5.91 Å². The predicted octanol–water partition coefficient (Wildman–Crippen LogP) is 4.76. The number of amides is 2. The van der Waals surface area contributed by atoms with E-state index in [1.807, 2.05) is 18.2 Å². The van der Waals surface area contributed by atoms with Crippen LogP contribution >= 0.6 is 23.2 Å². The minimum absolute atomic E-state index is 0.122. The molecule has 0 saturated carbocycles. The zero-order valence-electron chi connectivity index (χ0n) is 17.3. The fourth-order valence-corrected chi connectivity index (χ4v) is 4.64. The molecule has 168 valence electrons. The van der Waals surface area contributed by atoms with E-state index in [1.165, 1.54) is 24.3 Å². The molecule has 9 heteroatoms. The summed E-state index contributed by atoms with van der Waals surface area (Å²) in [4.78, 5) is 34.1. The number of hydrogen-bond acceptors (Lipinski definition) is 6. The number of carbonyl (C=O) groups is 2. The summed E-state index contributed by atoms with van der Waals surface area (Å²) in [6.45, 7) is 0. The minimum atomic E-state index is -1.08. The molecule has 0 aliphatic carbocycles. The van der Waals surface area contributed by atoms with Crippen LogP contribution in [0.2, 0.25) is 10.0 Å². The van der Waals surface area contributed by atoms with Crippen molar-refractivity contribution in [2.24, 2.45) is 5.92 Å². The average Bonchev–Trinajstić information content (AvgIpc) is 3.32. The number of para-hydroxylation sites is 2. The maximum Gasteiger partial charge on any atom is 0.266 e. The highest BCUT2D eigenvalue weighted by molar-refractivity contribution is 6.42. The number of rotatable bonds is 4. The van der Waals surface area contributed by atoms with E-state index >= 15 is 0 Å². The number of phenolic OH excluding ortho intramolecular Hbond substituents is 1. The Kier molecular flexibility index (Phi) is 5.40. The van der Waals surface area contributed by atoms with Gasteiger partial charge in [-0.1, -0.05) is 53.5 Å². The predicted molar refractivity (Wildman–Crippen MR) is 124 cm³/mol. The van der Waals surface area contributed by atoms with Crippen molar-refractivity contribution in [2.45, 2.75) is 12.1 Å². The third kappa shape index (κ3) is 3.40. The Morgan fingerprint density at radius 1 is 0.909 bits per heavy atom. The van der Waals surface area contributed by atoms with E-state index in [-0.39, 0.29) is 16.5 Å². The highest BCUT2D eigenvalue weighted by Gasteiger charge is 2.60. The van der Waals surface area contributed by atoms with Crippen molar-refractivity contribution < 1.29 is 24.3 Å². The molecule has 7 nitrogen and oxygen atoms in total. The molecule has 5 rings (SSSR count). The second-order valence-corrected chi connectivity index (χ2v) is 8.48. The monoisotopic (exact) mass is 484 g/mol. The number of imide groups is 1. The number of benzene rings is 3. The van der Waals surface area contributed by atoms with Crippen LogP contribution in [-0.2, 0) is 14.4 Å². The van der Waals surface area contributed by atoms with Gasteiger partial charge in [-0.25, -0.2) is 9.96 Å². The van der Waals surface area contributed by atoms with Gasteiger partial charge in [0, 0.05) is 5.56 Å². The molecule has 3 aromatic carbocycles. The standard InChI is InChI=1S/C24H18Cl2N2O5/c1-32-18-9-5-8-15(21(18)29)20-19-22(33-28(20)13-6-3-2-4-7-13)24(31)27(23(19)30)14-10-11-16(25)17(26)12-14/h2-12,19-20,22,29H,1H3/t19-,20-,22-/m0/s1. The number of hydrogen-bond donors (Lipinski definition) is 1. The van der Waals surface area contributed by atoms with Gasteiger partial charge in [0.15, 0.2) is 17.6 Å². The topological polar surface area (TPSA) is 79.3 Å². The molecule has 2 amide bonds. The molecule has 2 aliphatic rings. The third-order valence-electron chi connectivity index (χ3n) is 5.86. The lowest BCUT2D eigenvalue weighted by Crippen LogP contribution is -2.37. The fraction of sp³-hybridized carbons (Fsp3) is 0.167. The van der Waals surface area contributed by atoms with Crippen LogP contribution in [0, 0.1) is 5.92 Å². The highest BCUT2D eigenvalue weighted by atomic mass is 35.5. The Bertz CT molecular complexity index is 1250. The lowest BCUT2D eigenvalue weighted by atomic mass is 9.90. The maximum absolute atomic E-state index is 13.6. The van der Waals surface area contributed by atoms with Crippen molar-refractivity contribution in [3.63, 3.8) is 0 Å². The second-order valence-electron chi connectivity index (χ2n) is 7.67. The van der Waals surface area contributed by atoms with Gasteiger partial charge < -0.3 is 9.84 Å². The van der Waals surface area contributed by atoms with Gasteiger partial charge in [0.1, 0.15) is 12.0 Å². The molecule has 0 bridgehead atoms. The highest BCUT2D eigenvalue weighted by Crippen LogP contribution is 2.50. The van der Waals surface area contributed by atoms with Crippen molar-refractivity contribution in [1.82, 2.24) is 0 Å². The van der Waals surface area contributed by atoms with Crippen molar-refractivity contribution >= 4 is 46.4 Å². The smallest absolute Gasteiger partial charge is 0.266 e. The zero-order valence-corrected chi connectivity index (χ0v) is 18.8. The maximum atomic E-state index is 13.6. The van der Waals surface area contributed by atoms with Crippen molar-refractivity contribution in [3.05, 3.63) is 82.3 Å². The Morgan fingerprint density at radius 2 is 1.67 bits per heavy atom. The molecular formula is C24H18Cl2N2O5. The van der Waals surface area contributed by atoms with Crippen LogP contribution in [0.15, 0.2) is 66.7 Å². The number of ether oxygens (including phenoxy) is 1. The fourth-order valence-electron chi connectivity index (χ4n) is 4.35. The van der Waals surface area contributed by atoms with Crippen LogP contribution in [0.3, 0.4) is 0 Å². The second kappa shape index (κ2) is 8.26. The van der Waals surface area contributed by atoms with Crippen molar-refractivity contribution in [3.8, 4) is 11.5 Å². The number of nitrogens with zero attached hydrogens (tertiary/aromatic N) is 2. The molecule has 2 heterocycles. The number of phenols is 1. The van der Waals surface area contributed by atoms with Gasteiger partial charge in [-0.05, 0) is 36.4 Å². The lowest BCUT2D eigenvalue weighted by Gasteiger charge is -2.29. The SMILES string of the molecule is COc1cccc([C@H]2[C@@H]3C(=O)N(c4ccc(Cl)c(Cl)c4)C(=O)[C@H]3ON2c2ccccc2)c1O. The van der Waals surface area contributed by atoms with Crippen LogP contribution < -0.4 is 14.7 Å². The van der Waals surface area contributed by atoms with Crippen LogP contribution in [0.1, 0.15) is 11.6 Å². The molecule has 0 unspecified atom stereocenters. The molecule has 2 fully saturated rings. The molecule has 3 atom stereocenters. The summed E-state index contributed by atoms with van der Waals surface area (Å²) in [5, 5.41) is 12.9. The Balaban J connectivity index is 1.62. The van der Waals surface area contributed by atoms with E-state index in [4.69, 9.17) is 32.8 Å². The molecule has 0 spiro atoms. The van der Waals surface area contributed by atoms with Crippen molar-refractivity contribution in [1.29, 1.82) is 0 Å². The third-order valence-corrected chi connectivity index (χ3v) is 6.60. The zero-order chi connectivity index (χ0) is 23.3. The van der Waals surface area contributed by atoms with Gasteiger partial charge in [0.2, 0.25) is 5.91 Å². The van der Waals surface area contributed by atoms with Crippen LogP contribution in [0.25, 0.3) is 0 Å². The minimum Gasteiger partial charge on any atom is -0.504 e. The number of aromatic hydroxyl groups is 1. The normalized spacial score (nSPS) is 22.1. The van der Waals surface area contributed by atoms with Gasteiger partial charge in [-0.3, -0.25) is 14.4 Å². The first-order chi connectivity index (χ1) is 15.9. The van der Waals surface area contributed by atoms with Gasteiger partial charge >= 0.3 is 0 Å². The summed E-state index contributed by atoms with van der Waals surface area (Å²) in [5.41, 5.74) is 1.35. The molecule has 0 aromatic heterocycles. The average molecular weight is 485 g/mol. The van der Waals surface area contributed by atoms with Gasteiger partial charge in [-0.15, -0.1) is 0 Å². The first-order valence-corrected chi connectivity index (χ1v) is 10.9. The van der Waals surface area contributed by atoms with E-state index in [2.05, 4.69) is 0 Å². The summed E-state index contributed by atoms with van der Waals surface area (Å²) in [5.74, 6) is -1.76. The first-order valence-electron chi connectivity index (χ1n) is 10.1. The molecule has 0 radical (unpaired) electrons. The van der Waals surface area contributed by atoms with Crippen LogP contribution in [-0.4, -0.2) is 30.1 Å². The van der Waals surface area contributed by atoms with E-state index < -0.39 is 29.9 Å². The van der Waals surface area contributed by atoms with E-state index in [0.29, 0.717) is 22.0 Å². The number of halogens is 2. The summed E-state index contributed by atoms with van der Waals surface area (Å²) in [6.07, 6.45) is -1.08. The number of methoxy groups -OCH3 is 1. The number of carbonyl (C=O) groups excluding carboxylic acids is 2. The molecular weight excluding hydrogens is 467 g/mol. The summed E-state index contributed by atoms with van der Waals surface area (Å²) < 4.78 is 5.26. The van der Waals surface area contributed by atoms with Gasteiger partial charge in [0.05, 0.1) is 28.5 Å². The molecule has 33 heavy (non-hydrogen) atoms. The summed E-state index contributed by atoms with van der Waals surface area (Å²) in [7, 11) is 1.44.